The van der Waals surface area contributed by atoms with Crippen LogP contribution in [0.5, 0.6) is 5.75 Å². The third-order valence-electron chi connectivity index (χ3n) is 6.08. The van der Waals surface area contributed by atoms with Gasteiger partial charge in [-0.05, 0) is 79.5 Å². The molecule has 0 N–H and O–H groups in total. The Kier molecular flexibility index (Phi) is 6.07. The molecule has 0 aromatic heterocycles. The molecule has 28 heavy (non-hydrogen) atoms. The van der Waals surface area contributed by atoms with Crippen molar-refractivity contribution in [2.24, 2.45) is 0 Å². The smallest absolute Gasteiger partial charge is 0.194 e. The first-order valence-electron chi connectivity index (χ1n) is 10.3. The fourth-order valence-electron chi connectivity index (χ4n) is 4.55. The summed E-state index contributed by atoms with van der Waals surface area (Å²) in [6.45, 7) is 2.12. The maximum atomic E-state index is 11.7. The maximum Gasteiger partial charge on any atom is 0.194 e. The van der Waals surface area contributed by atoms with E-state index in [1.54, 1.807) is 7.11 Å². The van der Waals surface area contributed by atoms with E-state index in [1.165, 1.54) is 51.8 Å². The monoisotopic (exact) mass is 395 g/mol. The minimum Gasteiger partial charge on any atom is -0.496 e. The number of carbonyl (C=O) groups is 1. The summed E-state index contributed by atoms with van der Waals surface area (Å²) in [5.74, 6) is 1.63. The Morgan fingerprint density at radius 3 is 2.93 bits per heavy atom. The average molecular weight is 396 g/mol. The molecular weight excluding hydrogens is 366 g/mol. The summed E-state index contributed by atoms with van der Waals surface area (Å²) in [4.78, 5) is 15.3. The lowest BCUT2D eigenvalue weighted by Gasteiger charge is -2.30. The molecule has 2 aromatic carbocycles. The van der Waals surface area contributed by atoms with Gasteiger partial charge in [-0.3, -0.25) is 4.79 Å². The molecule has 0 spiro atoms. The van der Waals surface area contributed by atoms with E-state index in [4.69, 9.17) is 4.74 Å². The Bertz CT molecular complexity index is 864. The second kappa shape index (κ2) is 8.71. The van der Waals surface area contributed by atoms with Gasteiger partial charge >= 0.3 is 0 Å². The van der Waals surface area contributed by atoms with Gasteiger partial charge in [0.2, 0.25) is 0 Å². The lowest BCUT2D eigenvalue weighted by Crippen LogP contribution is -2.28. The number of hydrogen-bond donors (Lipinski definition) is 0. The van der Waals surface area contributed by atoms with Crippen LogP contribution in [0.4, 0.5) is 0 Å². The van der Waals surface area contributed by atoms with E-state index in [0.29, 0.717) is 17.5 Å². The van der Waals surface area contributed by atoms with Gasteiger partial charge in [0.25, 0.3) is 0 Å². The molecule has 2 aromatic rings. The molecule has 4 heteroatoms. The highest BCUT2D eigenvalue weighted by molar-refractivity contribution is 8.13. The van der Waals surface area contributed by atoms with Crippen LogP contribution < -0.4 is 4.74 Å². The minimum atomic E-state index is 0.299. The van der Waals surface area contributed by atoms with Crippen molar-refractivity contribution in [1.29, 1.82) is 0 Å². The van der Waals surface area contributed by atoms with E-state index in [2.05, 4.69) is 48.3 Å². The van der Waals surface area contributed by atoms with Gasteiger partial charge in [-0.25, -0.2) is 0 Å². The van der Waals surface area contributed by atoms with Crippen molar-refractivity contribution in [3.8, 4) is 5.75 Å². The number of hydrogen-bond acceptors (Lipinski definition) is 4. The molecule has 2 aliphatic rings. The number of carbonyl (C=O) groups excluding carboxylic acids is 1. The molecule has 1 atom stereocenters. The number of rotatable bonds is 6. The Hall–Kier alpha value is -1.78. The molecule has 1 heterocycles. The molecule has 0 fully saturated rings. The van der Waals surface area contributed by atoms with Gasteiger partial charge in [0.15, 0.2) is 5.12 Å². The van der Waals surface area contributed by atoms with E-state index in [1.807, 2.05) is 0 Å². The van der Waals surface area contributed by atoms with Crippen molar-refractivity contribution in [1.82, 2.24) is 4.90 Å². The Labute approximate surface area is 172 Å². The molecule has 0 amide bonds. The third-order valence-corrected chi connectivity index (χ3v) is 7.11. The zero-order chi connectivity index (χ0) is 19.5. The number of aryl methyl sites for hydroxylation is 1. The number of likely N-dealkylation sites (N-methyl/N-ethyl adjacent to an activating group) is 1. The normalized spacial score (nSPS) is 18.7. The van der Waals surface area contributed by atoms with Gasteiger partial charge in [-0.15, -0.1) is 0 Å². The van der Waals surface area contributed by atoms with Crippen molar-refractivity contribution in [2.75, 3.05) is 27.2 Å². The van der Waals surface area contributed by atoms with Crippen LogP contribution in [-0.4, -0.2) is 37.3 Å². The SMILES string of the molecule is COc1cccc2c1CCCC2CN(C)CCc1ccc2c(c1)SC(=O)CC2. The number of nitrogens with zero attached hydrogens (tertiary/aromatic N) is 1. The molecule has 1 unspecified atom stereocenters. The summed E-state index contributed by atoms with van der Waals surface area (Å²) in [7, 11) is 4.00. The van der Waals surface area contributed by atoms with Crippen molar-refractivity contribution < 1.29 is 9.53 Å². The van der Waals surface area contributed by atoms with E-state index < -0.39 is 0 Å². The maximum absolute atomic E-state index is 11.7. The first-order valence-corrected chi connectivity index (χ1v) is 11.1. The highest BCUT2D eigenvalue weighted by atomic mass is 32.2. The quantitative estimate of drug-likeness (QED) is 0.699. The van der Waals surface area contributed by atoms with Crippen LogP contribution in [-0.2, 0) is 24.1 Å². The topological polar surface area (TPSA) is 29.5 Å². The molecular formula is C24H29NO2S. The van der Waals surface area contributed by atoms with Crippen LogP contribution in [0.15, 0.2) is 41.3 Å². The second-order valence-electron chi connectivity index (χ2n) is 8.05. The summed E-state index contributed by atoms with van der Waals surface area (Å²) < 4.78 is 5.58. The predicted octanol–water partition coefficient (Wildman–Crippen LogP) is 4.85. The number of benzene rings is 2. The zero-order valence-electron chi connectivity index (χ0n) is 16.9. The highest BCUT2D eigenvalue weighted by Crippen LogP contribution is 2.37. The molecule has 1 aliphatic carbocycles. The van der Waals surface area contributed by atoms with Gasteiger partial charge < -0.3 is 9.64 Å². The van der Waals surface area contributed by atoms with E-state index in [-0.39, 0.29) is 0 Å². The van der Waals surface area contributed by atoms with Crippen LogP contribution in [0.3, 0.4) is 0 Å². The van der Waals surface area contributed by atoms with Crippen molar-refractivity contribution in [3.63, 3.8) is 0 Å². The molecule has 0 saturated heterocycles. The largest absolute Gasteiger partial charge is 0.496 e. The summed E-state index contributed by atoms with van der Waals surface area (Å²) in [6, 6.07) is 13.2. The van der Waals surface area contributed by atoms with Gasteiger partial charge in [-0.1, -0.05) is 36.0 Å². The highest BCUT2D eigenvalue weighted by Gasteiger charge is 2.24. The summed E-state index contributed by atoms with van der Waals surface area (Å²) in [5.41, 5.74) is 5.54. The minimum absolute atomic E-state index is 0.299. The second-order valence-corrected chi connectivity index (χ2v) is 9.14. The Balaban J connectivity index is 1.38. The molecule has 0 bridgehead atoms. The Morgan fingerprint density at radius 2 is 2.07 bits per heavy atom. The van der Waals surface area contributed by atoms with Gasteiger partial charge in [0.05, 0.1) is 7.11 Å². The molecule has 1 aliphatic heterocycles. The zero-order valence-corrected chi connectivity index (χ0v) is 17.7. The van der Waals surface area contributed by atoms with Crippen molar-refractivity contribution >= 4 is 16.9 Å². The summed E-state index contributed by atoms with van der Waals surface area (Å²) in [5, 5.41) is 0.299. The molecule has 148 valence electrons. The van der Waals surface area contributed by atoms with Gasteiger partial charge in [0, 0.05) is 24.4 Å². The fourth-order valence-corrected chi connectivity index (χ4v) is 5.51. The van der Waals surface area contributed by atoms with E-state index in [9.17, 15) is 4.79 Å². The first-order chi connectivity index (χ1) is 13.6. The van der Waals surface area contributed by atoms with Crippen LogP contribution in [0.25, 0.3) is 0 Å². The Morgan fingerprint density at radius 1 is 1.18 bits per heavy atom. The van der Waals surface area contributed by atoms with Crippen LogP contribution >= 0.6 is 11.8 Å². The standard InChI is InChI=1S/C24H29NO2S/c1-25(14-13-17-9-10-18-11-12-24(26)28-23(18)15-17)16-19-5-3-7-21-20(19)6-4-8-22(21)27-2/h4,6,8-10,15,19H,3,5,7,11-14,16H2,1-2H3. The number of ether oxygens (including phenoxy) is 1. The number of methoxy groups -OCH3 is 1. The van der Waals surface area contributed by atoms with Crippen LogP contribution in [0.1, 0.15) is 47.4 Å². The predicted molar refractivity (Wildman–Crippen MR) is 116 cm³/mol. The number of fused-ring (bicyclic) bond motifs is 2. The summed E-state index contributed by atoms with van der Waals surface area (Å²) in [6.07, 6.45) is 6.21. The van der Waals surface area contributed by atoms with Crippen molar-refractivity contribution in [2.45, 2.75) is 49.3 Å². The molecule has 0 radical (unpaired) electrons. The first kappa shape index (κ1) is 19.5. The van der Waals surface area contributed by atoms with Gasteiger partial charge in [0.1, 0.15) is 5.75 Å². The van der Waals surface area contributed by atoms with Gasteiger partial charge in [-0.2, -0.15) is 0 Å². The van der Waals surface area contributed by atoms with E-state index in [0.717, 1.165) is 38.1 Å². The van der Waals surface area contributed by atoms with Crippen LogP contribution in [0.2, 0.25) is 0 Å². The lowest BCUT2D eigenvalue weighted by molar-refractivity contribution is -0.111. The average Bonchev–Trinajstić information content (AvgIpc) is 2.71. The molecule has 0 saturated carbocycles. The van der Waals surface area contributed by atoms with E-state index >= 15 is 0 Å². The summed E-state index contributed by atoms with van der Waals surface area (Å²) >= 11 is 1.42. The third kappa shape index (κ3) is 4.28. The van der Waals surface area contributed by atoms with Crippen LogP contribution in [0, 0.1) is 0 Å². The molecule has 4 rings (SSSR count). The van der Waals surface area contributed by atoms with Crippen molar-refractivity contribution in [3.05, 3.63) is 58.7 Å². The lowest BCUT2D eigenvalue weighted by atomic mass is 9.82. The molecule has 3 nitrogen and oxygen atoms in total. The number of thioether (sulfide) groups is 1. The fraction of sp³-hybridized carbons (Fsp3) is 0.458.